The zero-order valence-corrected chi connectivity index (χ0v) is 20.2. The molecule has 0 aliphatic carbocycles. The predicted octanol–water partition coefficient (Wildman–Crippen LogP) is 5.01. The highest BCUT2D eigenvalue weighted by molar-refractivity contribution is 5.83. The van der Waals surface area contributed by atoms with Crippen molar-refractivity contribution in [1.29, 1.82) is 0 Å². The van der Waals surface area contributed by atoms with Crippen molar-refractivity contribution in [2.45, 2.75) is 43.8 Å². The van der Waals surface area contributed by atoms with Crippen LogP contribution in [0.25, 0.3) is 10.9 Å². The van der Waals surface area contributed by atoms with Gasteiger partial charge in [0.2, 0.25) is 0 Å². The lowest BCUT2D eigenvalue weighted by molar-refractivity contribution is -0.140. The first-order chi connectivity index (χ1) is 17.3. The number of aromatic amines is 2. The van der Waals surface area contributed by atoms with Gasteiger partial charge < -0.3 is 19.4 Å². The summed E-state index contributed by atoms with van der Waals surface area (Å²) < 4.78 is 12.3. The molecule has 0 amide bonds. The fourth-order valence-electron chi connectivity index (χ4n) is 5.56. The SMILES string of the molecule is c1ccc(CC2COCC(c3cc(C4CCN(CCc5c[nH]c6ccccc56)CC4)n[nH]3)O2)cc1. The average Bonchev–Trinajstić information content (AvgIpc) is 3.57. The van der Waals surface area contributed by atoms with Crippen molar-refractivity contribution in [3.63, 3.8) is 0 Å². The number of hydrogen-bond donors (Lipinski definition) is 2. The van der Waals surface area contributed by atoms with Crippen LogP contribution in [0, 0.1) is 0 Å². The molecule has 2 aromatic carbocycles. The van der Waals surface area contributed by atoms with Crippen LogP contribution < -0.4 is 0 Å². The minimum atomic E-state index is -0.0741. The number of para-hydroxylation sites is 1. The van der Waals surface area contributed by atoms with Crippen LogP contribution in [0.1, 0.15) is 47.4 Å². The maximum absolute atomic E-state index is 6.38. The van der Waals surface area contributed by atoms with Crippen LogP contribution in [-0.4, -0.2) is 59.0 Å². The van der Waals surface area contributed by atoms with Gasteiger partial charge in [-0.1, -0.05) is 48.5 Å². The van der Waals surface area contributed by atoms with E-state index in [1.54, 1.807) is 0 Å². The summed E-state index contributed by atoms with van der Waals surface area (Å²) in [6.07, 6.45) is 6.43. The summed E-state index contributed by atoms with van der Waals surface area (Å²) >= 11 is 0. The van der Waals surface area contributed by atoms with Gasteiger partial charge in [0.25, 0.3) is 0 Å². The summed E-state index contributed by atoms with van der Waals surface area (Å²) in [6.45, 7) is 4.58. The Kier molecular flexibility index (Phi) is 6.67. The first-order valence-corrected chi connectivity index (χ1v) is 12.9. The van der Waals surface area contributed by atoms with Crippen LogP contribution in [0.2, 0.25) is 0 Å². The largest absolute Gasteiger partial charge is 0.376 e. The Hall–Kier alpha value is -2.93. The van der Waals surface area contributed by atoms with E-state index in [1.807, 2.05) is 6.07 Å². The lowest BCUT2D eigenvalue weighted by Gasteiger charge is -2.31. The van der Waals surface area contributed by atoms with Crippen molar-refractivity contribution in [3.05, 3.63) is 89.4 Å². The number of aromatic nitrogens is 3. The van der Waals surface area contributed by atoms with Gasteiger partial charge in [0.05, 0.1) is 30.7 Å². The first-order valence-electron chi connectivity index (χ1n) is 12.9. The number of hydrogen-bond acceptors (Lipinski definition) is 4. The number of H-pyrrole nitrogens is 2. The number of nitrogens with one attached hydrogen (secondary N) is 2. The van der Waals surface area contributed by atoms with Gasteiger partial charge in [-0.2, -0.15) is 5.10 Å². The molecule has 2 N–H and O–H groups in total. The quantitative estimate of drug-likeness (QED) is 0.398. The summed E-state index contributed by atoms with van der Waals surface area (Å²) in [5.41, 5.74) is 6.14. The van der Waals surface area contributed by atoms with E-state index in [1.165, 1.54) is 27.7 Å². The number of fused-ring (bicyclic) bond motifs is 1. The molecule has 2 aromatic heterocycles. The van der Waals surface area contributed by atoms with Crippen LogP contribution >= 0.6 is 0 Å². The van der Waals surface area contributed by atoms with Crippen molar-refractivity contribution < 1.29 is 9.47 Å². The molecule has 2 saturated heterocycles. The predicted molar refractivity (Wildman–Crippen MR) is 138 cm³/mol. The Bertz CT molecular complexity index is 1230. The molecule has 6 rings (SSSR count). The third-order valence-corrected chi connectivity index (χ3v) is 7.58. The van der Waals surface area contributed by atoms with Crippen molar-refractivity contribution >= 4 is 10.9 Å². The lowest BCUT2D eigenvalue weighted by Crippen LogP contribution is -2.34. The molecule has 4 aromatic rings. The van der Waals surface area contributed by atoms with Gasteiger partial charge in [0, 0.05) is 36.0 Å². The fourth-order valence-corrected chi connectivity index (χ4v) is 5.56. The molecule has 2 fully saturated rings. The lowest BCUT2D eigenvalue weighted by atomic mass is 9.93. The highest BCUT2D eigenvalue weighted by Crippen LogP contribution is 2.31. The average molecular weight is 471 g/mol. The van der Waals surface area contributed by atoms with Gasteiger partial charge in [0.15, 0.2) is 0 Å². The van der Waals surface area contributed by atoms with E-state index in [-0.39, 0.29) is 12.2 Å². The molecule has 0 bridgehead atoms. The van der Waals surface area contributed by atoms with E-state index < -0.39 is 0 Å². The molecule has 2 aliphatic heterocycles. The number of likely N-dealkylation sites (tertiary alicyclic amines) is 1. The number of piperidine rings is 1. The second-order valence-corrected chi connectivity index (χ2v) is 9.95. The number of benzene rings is 2. The zero-order chi connectivity index (χ0) is 23.5. The summed E-state index contributed by atoms with van der Waals surface area (Å²) in [5.74, 6) is 0.508. The Balaban J connectivity index is 1.00. The van der Waals surface area contributed by atoms with Gasteiger partial charge in [-0.25, -0.2) is 0 Å². The Morgan fingerprint density at radius 1 is 0.971 bits per heavy atom. The molecule has 2 aliphatic rings. The molecule has 182 valence electrons. The van der Waals surface area contributed by atoms with Gasteiger partial charge in [-0.15, -0.1) is 0 Å². The number of rotatable bonds is 7. The second-order valence-electron chi connectivity index (χ2n) is 9.95. The highest BCUT2D eigenvalue weighted by Gasteiger charge is 2.28. The highest BCUT2D eigenvalue weighted by atomic mass is 16.6. The monoisotopic (exact) mass is 470 g/mol. The van der Waals surface area contributed by atoms with Crippen molar-refractivity contribution in [2.24, 2.45) is 0 Å². The van der Waals surface area contributed by atoms with E-state index in [4.69, 9.17) is 9.47 Å². The smallest absolute Gasteiger partial charge is 0.123 e. The molecule has 2 unspecified atom stereocenters. The van der Waals surface area contributed by atoms with Crippen molar-refractivity contribution in [1.82, 2.24) is 20.1 Å². The molecule has 4 heterocycles. The minimum Gasteiger partial charge on any atom is -0.376 e. The molecule has 6 heteroatoms. The topological polar surface area (TPSA) is 66.2 Å². The maximum atomic E-state index is 6.38. The molecule has 35 heavy (non-hydrogen) atoms. The molecule has 2 atom stereocenters. The van der Waals surface area contributed by atoms with E-state index in [2.05, 4.69) is 80.9 Å². The second kappa shape index (κ2) is 10.4. The van der Waals surface area contributed by atoms with Crippen molar-refractivity contribution in [3.8, 4) is 0 Å². The molecular weight excluding hydrogens is 436 g/mol. The van der Waals surface area contributed by atoms with Gasteiger partial charge >= 0.3 is 0 Å². The molecule has 6 nitrogen and oxygen atoms in total. The molecule has 0 spiro atoms. The van der Waals surface area contributed by atoms with E-state index in [0.29, 0.717) is 19.1 Å². The Morgan fingerprint density at radius 2 is 1.80 bits per heavy atom. The van der Waals surface area contributed by atoms with E-state index in [0.717, 1.165) is 51.0 Å². The van der Waals surface area contributed by atoms with Crippen LogP contribution in [0.4, 0.5) is 0 Å². The van der Waals surface area contributed by atoms with Crippen LogP contribution in [0.5, 0.6) is 0 Å². The number of ether oxygens (including phenoxy) is 2. The van der Waals surface area contributed by atoms with Crippen LogP contribution in [-0.2, 0) is 22.3 Å². The van der Waals surface area contributed by atoms with E-state index >= 15 is 0 Å². The van der Waals surface area contributed by atoms with E-state index in [9.17, 15) is 0 Å². The fraction of sp³-hybridized carbons (Fsp3) is 0.414. The van der Waals surface area contributed by atoms with Crippen molar-refractivity contribution in [2.75, 3.05) is 32.8 Å². The summed E-state index contributed by atoms with van der Waals surface area (Å²) in [4.78, 5) is 5.99. The van der Waals surface area contributed by atoms with Crippen LogP contribution in [0.3, 0.4) is 0 Å². The maximum Gasteiger partial charge on any atom is 0.123 e. The normalized spacial score (nSPS) is 22.1. The summed E-state index contributed by atoms with van der Waals surface area (Å²) in [5, 5.41) is 9.30. The van der Waals surface area contributed by atoms with Crippen LogP contribution in [0.15, 0.2) is 66.9 Å². The molecular formula is C29H34N4O2. The Labute approximate surface area is 206 Å². The zero-order valence-electron chi connectivity index (χ0n) is 20.2. The standard InChI is InChI=1S/C29H34N4O2/c1-2-6-21(7-3-1)16-24-19-34-20-29(35-24)28-17-27(31-32-28)22-10-13-33(14-11-22)15-12-23-18-30-26-9-5-4-8-25(23)26/h1-9,17-18,22,24,29-30H,10-16,19-20H2,(H,31,32). The third-order valence-electron chi connectivity index (χ3n) is 7.58. The number of nitrogens with zero attached hydrogens (tertiary/aromatic N) is 2. The van der Waals surface area contributed by atoms with Gasteiger partial charge in [0.1, 0.15) is 6.10 Å². The first kappa shape index (κ1) is 22.5. The molecule has 0 radical (unpaired) electrons. The van der Waals surface area contributed by atoms with Gasteiger partial charge in [-0.3, -0.25) is 5.10 Å². The van der Waals surface area contributed by atoms with Gasteiger partial charge in [-0.05, 0) is 55.6 Å². The molecule has 0 saturated carbocycles. The third kappa shape index (κ3) is 5.20. The minimum absolute atomic E-state index is 0.0725. The summed E-state index contributed by atoms with van der Waals surface area (Å²) in [6, 6.07) is 21.3. The summed E-state index contributed by atoms with van der Waals surface area (Å²) in [7, 11) is 0. The Morgan fingerprint density at radius 3 is 2.69 bits per heavy atom.